The summed E-state index contributed by atoms with van der Waals surface area (Å²) >= 11 is 0. The first-order valence-corrected chi connectivity index (χ1v) is 6.08. The fraction of sp³-hybridized carbons (Fsp3) is 0.400. The van der Waals surface area contributed by atoms with E-state index in [1.165, 1.54) is 7.11 Å². The van der Waals surface area contributed by atoms with E-state index in [9.17, 15) is 4.79 Å². The van der Waals surface area contributed by atoms with Gasteiger partial charge in [0.15, 0.2) is 0 Å². The van der Waals surface area contributed by atoms with Crippen LogP contribution in [-0.2, 0) is 15.1 Å². The molecule has 0 spiro atoms. The highest BCUT2D eigenvalue weighted by Gasteiger charge is 2.52. The van der Waals surface area contributed by atoms with Crippen molar-refractivity contribution in [3.63, 3.8) is 0 Å². The van der Waals surface area contributed by atoms with Crippen molar-refractivity contribution in [2.24, 2.45) is 5.92 Å². The second-order valence-electron chi connectivity index (χ2n) is 4.50. The lowest BCUT2D eigenvalue weighted by Crippen LogP contribution is -2.52. The molecule has 1 atom stereocenters. The molecule has 0 amide bonds. The van der Waals surface area contributed by atoms with Crippen LogP contribution >= 0.6 is 0 Å². The van der Waals surface area contributed by atoms with Crippen LogP contribution in [0.15, 0.2) is 30.3 Å². The van der Waals surface area contributed by atoms with Crippen molar-refractivity contribution in [2.75, 3.05) is 13.7 Å². The van der Waals surface area contributed by atoms with E-state index in [2.05, 4.69) is 11.2 Å². The van der Waals surface area contributed by atoms with Crippen molar-refractivity contribution >= 4 is 5.97 Å². The van der Waals surface area contributed by atoms with Crippen molar-refractivity contribution in [3.05, 3.63) is 35.9 Å². The Morgan fingerprint density at radius 3 is 2.67 bits per heavy atom. The van der Waals surface area contributed by atoms with Crippen LogP contribution < -0.4 is 5.32 Å². The number of hydrogen-bond donors (Lipinski definition) is 1. The van der Waals surface area contributed by atoms with Crippen LogP contribution in [-0.4, -0.2) is 19.6 Å². The molecule has 1 aromatic rings. The smallest absolute Gasteiger partial charge is 0.331 e. The molecule has 0 bridgehead atoms. The molecule has 1 aromatic carbocycles. The zero-order valence-electron chi connectivity index (χ0n) is 10.5. The Bertz CT molecular complexity index is 459. The van der Waals surface area contributed by atoms with E-state index in [-0.39, 0.29) is 11.9 Å². The maximum atomic E-state index is 12.3. The highest BCUT2D eigenvalue weighted by Crippen LogP contribution is 2.46. The molecule has 18 heavy (non-hydrogen) atoms. The quantitative estimate of drug-likeness (QED) is 0.631. The molecule has 1 fully saturated rings. The van der Waals surface area contributed by atoms with Gasteiger partial charge in [0, 0.05) is 0 Å². The topological polar surface area (TPSA) is 38.3 Å². The SMILES string of the molecule is C#CCNC(C(=O)OC)(c1ccccc1)C1CC1. The number of esters is 1. The van der Waals surface area contributed by atoms with Gasteiger partial charge in [-0.3, -0.25) is 5.32 Å². The predicted molar refractivity (Wildman–Crippen MR) is 69.7 cm³/mol. The van der Waals surface area contributed by atoms with Gasteiger partial charge >= 0.3 is 5.97 Å². The molecule has 0 aromatic heterocycles. The Morgan fingerprint density at radius 2 is 2.17 bits per heavy atom. The molecular weight excluding hydrogens is 226 g/mol. The highest BCUT2D eigenvalue weighted by atomic mass is 16.5. The van der Waals surface area contributed by atoms with Crippen LogP contribution in [0.4, 0.5) is 0 Å². The summed E-state index contributed by atoms with van der Waals surface area (Å²) in [6.45, 7) is 0.348. The lowest BCUT2D eigenvalue weighted by molar-refractivity contribution is -0.150. The molecule has 1 aliphatic carbocycles. The first kappa shape index (κ1) is 12.7. The van der Waals surface area contributed by atoms with Crippen molar-refractivity contribution in [1.82, 2.24) is 5.32 Å². The Hall–Kier alpha value is -1.79. The number of benzene rings is 1. The Balaban J connectivity index is 2.43. The summed E-state index contributed by atoms with van der Waals surface area (Å²) in [6, 6.07) is 9.66. The van der Waals surface area contributed by atoms with Crippen molar-refractivity contribution in [3.8, 4) is 12.3 Å². The Kier molecular flexibility index (Phi) is 3.69. The van der Waals surface area contributed by atoms with Gasteiger partial charge in [-0.1, -0.05) is 36.3 Å². The number of ether oxygens (including phenoxy) is 1. The second-order valence-corrected chi connectivity index (χ2v) is 4.50. The Morgan fingerprint density at radius 1 is 1.50 bits per heavy atom. The van der Waals surface area contributed by atoms with Crippen molar-refractivity contribution < 1.29 is 9.53 Å². The minimum Gasteiger partial charge on any atom is -0.467 e. The minimum atomic E-state index is -0.789. The van der Waals surface area contributed by atoms with E-state index in [0.717, 1.165) is 18.4 Å². The van der Waals surface area contributed by atoms with Gasteiger partial charge < -0.3 is 4.74 Å². The minimum absolute atomic E-state index is 0.258. The largest absolute Gasteiger partial charge is 0.467 e. The summed E-state index contributed by atoms with van der Waals surface area (Å²) in [5.74, 6) is 2.54. The van der Waals surface area contributed by atoms with E-state index < -0.39 is 5.54 Å². The van der Waals surface area contributed by atoms with Crippen LogP contribution in [0.5, 0.6) is 0 Å². The standard InChI is InChI=1S/C15H17NO2/c1-3-11-16-15(13-9-10-13,14(17)18-2)12-7-5-4-6-8-12/h1,4-8,13,16H,9-11H2,2H3. The third kappa shape index (κ3) is 2.12. The van der Waals surface area contributed by atoms with Crippen LogP contribution in [0.3, 0.4) is 0 Å². The average Bonchev–Trinajstić information content (AvgIpc) is 3.25. The van der Waals surface area contributed by atoms with Crippen molar-refractivity contribution in [1.29, 1.82) is 0 Å². The lowest BCUT2D eigenvalue weighted by Gasteiger charge is -2.32. The van der Waals surface area contributed by atoms with Crippen LogP contribution in [0.1, 0.15) is 18.4 Å². The van der Waals surface area contributed by atoms with E-state index in [4.69, 9.17) is 11.2 Å². The molecule has 94 valence electrons. The summed E-state index contributed by atoms with van der Waals surface area (Å²) in [6.07, 6.45) is 7.34. The zero-order valence-corrected chi connectivity index (χ0v) is 10.5. The molecule has 1 N–H and O–H groups in total. The number of carbonyl (C=O) groups is 1. The van der Waals surface area contributed by atoms with Gasteiger partial charge in [-0.05, 0) is 24.3 Å². The molecule has 3 nitrogen and oxygen atoms in total. The fourth-order valence-electron chi connectivity index (χ4n) is 2.41. The number of carbonyl (C=O) groups excluding carboxylic acids is 1. The van der Waals surface area contributed by atoms with E-state index in [1.54, 1.807) is 0 Å². The van der Waals surface area contributed by atoms with Gasteiger partial charge in [0.1, 0.15) is 5.54 Å². The third-order valence-electron chi connectivity index (χ3n) is 3.40. The fourth-order valence-corrected chi connectivity index (χ4v) is 2.41. The number of rotatable bonds is 5. The third-order valence-corrected chi connectivity index (χ3v) is 3.40. The van der Waals surface area contributed by atoms with Crippen LogP contribution in [0.2, 0.25) is 0 Å². The summed E-state index contributed by atoms with van der Waals surface area (Å²) in [4.78, 5) is 12.3. The van der Waals surface area contributed by atoms with Crippen LogP contribution in [0.25, 0.3) is 0 Å². The van der Waals surface area contributed by atoms with Gasteiger partial charge in [-0.25, -0.2) is 4.79 Å². The maximum Gasteiger partial charge on any atom is 0.331 e. The molecule has 0 aliphatic heterocycles. The van der Waals surface area contributed by atoms with E-state index in [1.807, 2.05) is 30.3 Å². The summed E-state index contributed by atoms with van der Waals surface area (Å²) in [5.41, 5.74) is 0.136. The number of hydrogen-bond acceptors (Lipinski definition) is 3. The molecule has 0 heterocycles. The summed E-state index contributed by atoms with van der Waals surface area (Å²) in [5, 5.41) is 3.20. The van der Waals surface area contributed by atoms with E-state index in [0.29, 0.717) is 6.54 Å². The molecule has 1 saturated carbocycles. The maximum absolute atomic E-state index is 12.3. The average molecular weight is 243 g/mol. The first-order valence-electron chi connectivity index (χ1n) is 6.08. The molecule has 1 unspecified atom stereocenters. The molecule has 1 aliphatic rings. The normalized spacial score (nSPS) is 17.6. The summed E-state index contributed by atoms with van der Waals surface area (Å²) < 4.78 is 5.00. The van der Waals surface area contributed by atoms with Gasteiger partial charge in [-0.15, -0.1) is 6.42 Å². The van der Waals surface area contributed by atoms with Gasteiger partial charge in [0.05, 0.1) is 13.7 Å². The monoisotopic (exact) mass is 243 g/mol. The highest BCUT2D eigenvalue weighted by molar-refractivity contribution is 5.83. The molecule has 3 heteroatoms. The second kappa shape index (κ2) is 5.24. The number of nitrogens with one attached hydrogen (secondary N) is 1. The summed E-state index contributed by atoms with van der Waals surface area (Å²) in [7, 11) is 1.42. The lowest BCUT2D eigenvalue weighted by atomic mass is 9.84. The number of methoxy groups -OCH3 is 1. The first-order chi connectivity index (χ1) is 8.75. The Labute approximate surface area is 108 Å². The van der Waals surface area contributed by atoms with E-state index >= 15 is 0 Å². The zero-order chi connectivity index (χ0) is 13.0. The van der Waals surface area contributed by atoms with Gasteiger partial charge in [0.25, 0.3) is 0 Å². The molecule has 0 saturated heterocycles. The van der Waals surface area contributed by atoms with Gasteiger partial charge in [-0.2, -0.15) is 0 Å². The van der Waals surface area contributed by atoms with Gasteiger partial charge in [0.2, 0.25) is 0 Å². The molecule has 0 radical (unpaired) electrons. The number of terminal acetylenes is 1. The molecule has 2 rings (SSSR count). The van der Waals surface area contributed by atoms with Crippen molar-refractivity contribution in [2.45, 2.75) is 18.4 Å². The molecular formula is C15H17NO2. The van der Waals surface area contributed by atoms with Crippen LogP contribution in [0, 0.1) is 18.3 Å². The predicted octanol–water partition coefficient (Wildman–Crippen LogP) is 1.69.